The van der Waals surface area contributed by atoms with Crippen molar-refractivity contribution in [1.82, 2.24) is 9.97 Å². The summed E-state index contributed by atoms with van der Waals surface area (Å²) in [6.45, 7) is 0. The van der Waals surface area contributed by atoms with E-state index in [2.05, 4.69) is 20.5 Å². The summed E-state index contributed by atoms with van der Waals surface area (Å²) < 4.78 is 0. The second kappa shape index (κ2) is 5.93. The highest BCUT2D eigenvalue weighted by molar-refractivity contribution is 6.31. The van der Waals surface area contributed by atoms with Crippen molar-refractivity contribution >= 4 is 40.5 Å². The molecular weight excluding hydrogens is 322 g/mol. The molecule has 1 aromatic heterocycles. The lowest BCUT2D eigenvalue weighted by molar-refractivity contribution is -0.385. The van der Waals surface area contributed by atoms with Gasteiger partial charge >= 0.3 is 5.69 Å². The van der Waals surface area contributed by atoms with Crippen LogP contribution >= 0.6 is 11.6 Å². The van der Waals surface area contributed by atoms with Crippen molar-refractivity contribution in [2.75, 3.05) is 5.43 Å². The quantitative estimate of drug-likeness (QED) is 0.385. The maximum absolute atomic E-state index is 10.8. The van der Waals surface area contributed by atoms with Crippen LogP contribution < -0.4 is 5.43 Å². The van der Waals surface area contributed by atoms with Crippen LogP contribution in [0, 0.1) is 10.1 Å². The summed E-state index contributed by atoms with van der Waals surface area (Å²) in [5.74, 6) is -0.0668. The Labute approximate surface area is 134 Å². The number of hydrogen-bond acceptors (Lipinski definition) is 6. The van der Waals surface area contributed by atoms with Gasteiger partial charge in [-0.1, -0.05) is 17.7 Å². The van der Waals surface area contributed by atoms with Gasteiger partial charge in [-0.2, -0.15) is 5.10 Å². The number of aromatic hydroxyl groups is 1. The number of benzene rings is 2. The van der Waals surface area contributed by atoms with Crippen LogP contribution in [-0.4, -0.2) is 26.2 Å². The summed E-state index contributed by atoms with van der Waals surface area (Å²) in [7, 11) is 0. The number of phenolic OH excluding ortho intramolecular Hbond substituents is 1. The van der Waals surface area contributed by atoms with Gasteiger partial charge in [0.15, 0.2) is 0 Å². The first-order chi connectivity index (χ1) is 11.0. The molecule has 116 valence electrons. The molecule has 1 heterocycles. The molecule has 8 nitrogen and oxygen atoms in total. The van der Waals surface area contributed by atoms with Crippen molar-refractivity contribution in [2.45, 2.75) is 0 Å². The third-order valence-electron chi connectivity index (χ3n) is 3.06. The van der Waals surface area contributed by atoms with Gasteiger partial charge in [-0.25, -0.2) is 10.4 Å². The molecule has 23 heavy (non-hydrogen) atoms. The molecule has 3 rings (SSSR count). The number of aromatic nitrogens is 2. The summed E-state index contributed by atoms with van der Waals surface area (Å²) >= 11 is 5.89. The molecule has 0 saturated carbocycles. The number of phenols is 1. The van der Waals surface area contributed by atoms with E-state index in [-0.39, 0.29) is 11.3 Å². The third kappa shape index (κ3) is 3.06. The number of rotatable bonds is 4. The van der Waals surface area contributed by atoms with Gasteiger partial charge < -0.3 is 10.1 Å². The summed E-state index contributed by atoms with van der Waals surface area (Å²) in [6.07, 6.45) is 1.27. The molecule has 3 aromatic rings. The molecule has 3 N–H and O–H groups in total. The van der Waals surface area contributed by atoms with Gasteiger partial charge in [0, 0.05) is 16.7 Å². The minimum atomic E-state index is -0.664. The van der Waals surface area contributed by atoms with E-state index in [4.69, 9.17) is 11.6 Å². The van der Waals surface area contributed by atoms with Crippen molar-refractivity contribution in [3.63, 3.8) is 0 Å². The van der Waals surface area contributed by atoms with Crippen LogP contribution in [0.1, 0.15) is 5.56 Å². The van der Waals surface area contributed by atoms with Crippen molar-refractivity contribution in [2.24, 2.45) is 5.10 Å². The van der Waals surface area contributed by atoms with E-state index in [1.54, 1.807) is 18.2 Å². The first-order valence-corrected chi connectivity index (χ1v) is 6.83. The van der Waals surface area contributed by atoms with Gasteiger partial charge in [0.1, 0.15) is 0 Å². The van der Waals surface area contributed by atoms with Gasteiger partial charge in [-0.15, -0.1) is 0 Å². The number of fused-ring (bicyclic) bond motifs is 1. The molecule has 0 spiro atoms. The number of imidazole rings is 1. The molecule has 0 bridgehead atoms. The van der Waals surface area contributed by atoms with E-state index < -0.39 is 10.7 Å². The van der Waals surface area contributed by atoms with Crippen LogP contribution in [0.2, 0.25) is 5.02 Å². The molecule has 0 aliphatic carbocycles. The summed E-state index contributed by atoms with van der Waals surface area (Å²) in [4.78, 5) is 17.3. The number of nitrogens with zero attached hydrogens (tertiary/aromatic N) is 3. The van der Waals surface area contributed by atoms with Gasteiger partial charge in [0.2, 0.25) is 11.7 Å². The van der Waals surface area contributed by atoms with E-state index >= 15 is 0 Å². The Bertz CT molecular complexity index is 922. The lowest BCUT2D eigenvalue weighted by atomic mass is 10.2. The zero-order chi connectivity index (χ0) is 16.4. The Morgan fingerprint density at radius 1 is 1.39 bits per heavy atom. The predicted octanol–water partition coefficient (Wildman–Crippen LogP) is 3.28. The van der Waals surface area contributed by atoms with Crippen molar-refractivity contribution in [3.8, 4) is 5.75 Å². The van der Waals surface area contributed by atoms with E-state index in [0.717, 1.165) is 5.52 Å². The number of para-hydroxylation sites is 1. The van der Waals surface area contributed by atoms with Crippen molar-refractivity contribution in [3.05, 3.63) is 57.1 Å². The molecule has 0 radical (unpaired) electrons. The number of anilines is 1. The number of nitro groups is 1. The zero-order valence-electron chi connectivity index (χ0n) is 11.5. The number of H-pyrrole nitrogens is 1. The molecule has 0 atom stereocenters. The number of hydrazone groups is 1. The van der Waals surface area contributed by atoms with E-state index in [9.17, 15) is 15.2 Å². The fourth-order valence-electron chi connectivity index (χ4n) is 2.00. The molecular formula is C14H10ClN5O3. The monoisotopic (exact) mass is 331 g/mol. The van der Waals surface area contributed by atoms with Gasteiger partial charge in [0.05, 0.1) is 22.2 Å². The maximum atomic E-state index is 10.8. The Balaban J connectivity index is 1.80. The average molecular weight is 332 g/mol. The first-order valence-electron chi connectivity index (χ1n) is 6.45. The highest BCUT2D eigenvalue weighted by Gasteiger charge is 2.15. The standard InChI is InChI=1S/C14H10ClN5O3/c15-9-4-5-10-11(6-9)18-14(17-10)19-16-7-8-2-1-3-12(13(8)21)20(22)23/h1-7,21H,(H2,17,18,19)/b16-7+. The van der Waals surface area contributed by atoms with Gasteiger partial charge in [-0.3, -0.25) is 10.1 Å². The Morgan fingerprint density at radius 2 is 2.22 bits per heavy atom. The highest BCUT2D eigenvalue weighted by atomic mass is 35.5. The zero-order valence-corrected chi connectivity index (χ0v) is 12.3. The van der Waals surface area contributed by atoms with Crippen LogP contribution in [0.5, 0.6) is 5.75 Å². The highest BCUT2D eigenvalue weighted by Crippen LogP contribution is 2.28. The van der Waals surface area contributed by atoms with Crippen LogP contribution in [0.25, 0.3) is 11.0 Å². The second-order valence-corrected chi connectivity index (χ2v) is 5.03. The minimum Gasteiger partial charge on any atom is -0.502 e. The molecule has 0 aliphatic heterocycles. The molecule has 0 unspecified atom stereocenters. The van der Waals surface area contributed by atoms with Crippen LogP contribution in [0.3, 0.4) is 0 Å². The van der Waals surface area contributed by atoms with Crippen LogP contribution in [-0.2, 0) is 0 Å². The fraction of sp³-hybridized carbons (Fsp3) is 0. The van der Waals surface area contributed by atoms with E-state index in [1.807, 2.05) is 0 Å². The smallest absolute Gasteiger partial charge is 0.311 e. The van der Waals surface area contributed by atoms with Gasteiger partial charge in [-0.05, 0) is 24.3 Å². The predicted molar refractivity (Wildman–Crippen MR) is 87.1 cm³/mol. The molecule has 2 aromatic carbocycles. The van der Waals surface area contributed by atoms with Crippen LogP contribution in [0.4, 0.5) is 11.6 Å². The average Bonchev–Trinajstić information content (AvgIpc) is 2.90. The maximum Gasteiger partial charge on any atom is 0.311 e. The second-order valence-electron chi connectivity index (χ2n) is 4.59. The lowest BCUT2D eigenvalue weighted by Crippen LogP contribution is -1.95. The fourth-order valence-corrected chi connectivity index (χ4v) is 2.17. The Kier molecular flexibility index (Phi) is 3.82. The molecule has 0 amide bonds. The lowest BCUT2D eigenvalue weighted by Gasteiger charge is -1.99. The van der Waals surface area contributed by atoms with Crippen LogP contribution in [0.15, 0.2) is 41.5 Å². The number of nitro benzene ring substituents is 1. The van der Waals surface area contributed by atoms with E-state index in [0.29, 0.717) is 16.5 Å². The van der Waals surface area contributed by atoms with Gasteiger partial charge in [0.25, 0.3) is 0 Å². The Hall–Kier alpha value is -3.13. The number of hydrogen-bond donors (Lipinski definition) is 3. The normalized spacial score (nSPS) is 11.2. The van der Waals surface area contributed by atoms with E-state index in [1.165, 1.54) is 24.4 Å². The molecule has 9 heteroatoms. The number of aromatic amines is 1. The third-order valence-corrected chi connectivity index (χ3v) is 3.30. The SMILES string of the molecule is O=[N+]([O-])c1cccc(/C=N/Nc2nc3ccc(Cl)cc3[nH]2)c1O. The summed E-state index contributed by atoms with van der Waals surface area (Å²) in [5, 5.41) is 25.0. The first kappa shape index (κ1) is 14.8. The molecule has 0 aliphatic rings. The van der Waals surface area contributed by atoms with Crippen molar-refractivity contribution in [1.29, 1.82) is 0 Å². The largest absolute Gasteiger partial charge is 0.502 e. The summed E-state index contributed by atoms with van der Waals surface area (Å²) in [6, 6.07) is 9.39. The Morgan fingerprint density at radius 3 is 3.00 bits per heavy atom. The van der Waals surface area contributed by atoms with Crippen molar-refractivity contribution < 1.29 is 10.0 Å². The molecule has 0 saturated heterocycles. The molecule has 0 fully saturated rings. The summed E-state index contributed by atoms with van der Waals surface area (Å²) in [5.41, 5.74) is 3.95. The number of halogens is 1. The number of nitrogens with one attached hydrogen (secondary N) is 2. The minimum absolute atomic E-state index is 0.214. The topological polar surface area (TPSA) is 116 Å².